The lowest BCUT2D eigenvalue weighted by molar-refractivity contribution is -0.384. The Morgan fingerprint density at radius 3 is 2.36 bits per heavy atom. The SMILES string of the molecule is CCOC(=O)N1CCN(C(=O)CN(c2cccc([N+](=O)[O-])c2)S(C)(=O)=O)CC1. The third-order valence-electron chi connectivity index (χ3n) is 4.17. The summed E-state index contributed by atoms with van der Waals surface area (Å²) in [6.45, 7) is 2.50. The van der Waals surface area contributed by atoms with Crippen molar-refractivity contribution < 1.29 is 27.7 Å². The molecule has 28 heavy (non-hydrogen) atoms. The molecular weight excluding hydrogens is 392 g/mol. The highest BCUT2D eigenvalue weighted by molar-refractivity contribution is 7.92. The van der Waals surface area contributed by atoms with Crippen molar-refractivity contribution in [1.29, 1.82) is 0 Å². The fourth-order valence-electron chi connectivity index (χ4n) is 2.74. The van der Waals surface area contributed by atoms with E-state index >= 15 is 0 Å². The zero-order valence-corrected chi connectivity index (χ0v) is 16.4. The van der Waals surface area contributed by atoms with Crippen LogP contribution in [0.5, 0.6) is 0 Å². The fourth-order valence-corrected chi connectivity index (χ4v) is 3.58. The zero-order chi connectivity index (χ0) is 20.9. The summed E-state index contributed by atoms with van der Waals surface area (Å²) in [7, 11) is -3.85. The predicted molar refractivity (Wildman–Crippen MR) is 100 cm³/mol. The molecule has 0 N–H and O–H groups in total. The van der Waals surface area contributed by atoms with E-state index in [2.05, 4.69) is 0 Å². The van der Waals surface area contributed by atoms with E-state index in [1.165, 1.54) is 28.0 Å². The highest BCUT2D eigenvalue weighted by atomic mass is 32.2. The first-order valence-electron chi connectivity index (χ1n) is 8.55. The van der Waals surface area contributed by atoms with Crippen molar-refractivity contribution in [3.63, 3.8) is 0 Å². The standard InChI is InChI=1S/C16H22N4O7S/c1-3-27-16(22)18-9-7-17(8-10-18)15(21)12-19(28(2,25)26)13-5-4-6-14(11-13)20(23)24/h4-6,11H,3,7-10,12H2,1-2H3. The lowest BCUT2D eigenvalue weighted by Crippen LogP contribution is -2.53. The van der Waals surface area contributed by atoms with Crippen molar-refractivity contribution in [2.75, 3.05) is 49.9 Å². The summed E-state index contributed by atoms with van der Waals surface area (Å²) in [6.07, 6.45) is 0.474. The Kier molecular flexibility index (Phi) is 6.78. The summed E-state index contributed by atoms with van der Waals surface area (Å²) in [5.41, 5.74) is -0.239. The molecule has 0 spiro atoms. The van der Waals surface area contributed by atoms with Gasteiger partial charge in [0.25, 0.3) is 5.69 Å². The summed E-state index contributed by atoms with van der Waals surface area (Å²) < 4.78 is 30.1. The van der Waals surface area contributed by atoms with Gasteiger partial charge in [-0.1, -0.05) is 6.07 Å². The van der Waals surface area contributed by atoms with Gasteiger partial charge in [0.05, 0.1) is 23.5 Å². The number of sulfonamides is 1. The molecule has 11 nitrogen and oxygen atoms in total. The maximum absolute atomic E-state index is 12.6. The van der Waals surface area contributed by atoms with E-state index in [0.717, 1.165) is 16.6 Å². The van der Waals surface area contributed by atoms with Crippen LogP contribution in [0.4, 0.5) is 16.2 Å². The van der Waals surface area contributed by atoms with Crippen molar-refractivity contribution >= 4 is 33.4 Å². The van der Waals surface area contributed by atoms with Crippen LogP contribution in [0, 0.1) is 10.1 Å². The number of hydrogen-bond donors (Lipinski definition) is 0. The van der Waals surface area contributed by atoms with Gasteiger partial charge >= 0.3 is 6.09 Å². The van der Waals surface area contributed by atoms with Gasteiger partial charge in [-0.05, 0) is 13.0 Å². The molecule has 0 aliphatic carbocycles. The molecule has 0 atom stereocenters. The number of carbonyl (C=O) groups excluding carboxylic acids is 2. The average molecular weight is 414 g/mol. The van der Waals surface area contributed by atoms with Crippen LogP contribution in [0.2, 0.25) is 0 Å². The van der Waals surface area contributed by atoms with Crippen LogP contribution in [0.15, 0.2) is 24.3 Å². The second kappa shape index (κ2) is 8.87. The summed E-state index contributed by atoms with van der Waals surface area (Å²) in [5.74, 6) is -0.458. The molecular formula is C16H22N4O7S. The number of anilines is 1. The first-order chi connectivity index (χ1) is 13.1. The van der Waals surface area contributed by atoms with E-state index in [-0.39, 0.29) is 44.2 Å². The minimum absolute atomic E-state index is 0.0372. The van der Waals surface area contributed by atoms with E-state index in [9.17, 15) is 28.1 Å². The molecule has 1 saturated heterocycles. The van der Waals surface area contributed by atoms with Crippen LogP contribution >= 0.6 is 0 Å². The van der Waals surface area contributed by atoms with Gasteiger partial charge in [0.2, 0.25) is 15.9 Å². The maximum atomic E-state index is 12.6. The second-order valence-electron chi connectivity index (χ2n) is 6.11. The predicted octanol–water partition coefficient (Wildman–Crippen LogP) is 0.662. The molecule has 2 amide bonds. The number of rotatable bonds is 6. The molecule has 1 fully saturated rings. The summed E-state index contributed by atoms with van der Waals surface area (Å²) in [6, 6.07) is 5.08. The van der Waals surface area contributed by atoms with Crippen LogP contribution in [0.3, 0.4) is 0 Å². The number of amides is 2. The maximum Gasteiger partial charge on any atom is 0.409 e. The van der Waals surface area contributed by atoms with Gasteiger partial charge in [0, 0.05) is 38.3 Å². The third-order valence-corrected chi connectivity index (χ3v) is 5.31. The van der Waals surface area contributed by atoms with E-state index in [1.54, 1.807) is 6.92 Å². The number of piperazine rings is 1. The topological polar surface area (TPSA) is 130 Å². The highest BCUT2D eigenvalue weighted by Gasteiger charge is 2.28. The number of carbonyl (C=O) groups is 2. The van der Waals surface area contributed by atoms with Gasteiger partial charge in [-0.15, -0.1) is 0 Å². The smallest absolute Gasteiger partial charge is 0.409 e. The van der Waals surface area contributed by atoms with Crippen molar-refractivity contribution in [2.45, 2.75) is 6.92 Å². The molecule has 2 rings (SSSR count). The number of benzene rings is 1. The van der Waals surface area contributed by atoms with E-state index in [0.29, 0.717) is 0 Å². The fraction of sp³-hybridized carbons (Fsp3) is 0.500. The van der Waals surface area contributed by atoms with Crippen LogP contribution in [-0.2, 0) is 19.6 Å². The number of ether oxygens (including phenoxy) is 1. The summed E-state index contributed by atoms with van der Waals surface area (Å²) >= 11 is 0. The quantitative estimate of drug-likeness (QED) is 0.494. The van der Waals surface area contributed by atoms with Gasteiger partial charge in [-0.2, -0.15) is 0 Å². The minimum atomic E-state index is -3.85. The molecule has 1 aromatic carbocycles. The van der Waals surface area contributed by atoms with Crippen LogP contribution in [-0.4, -0.2) is 80.7 Å². The average Bonchev–Trinajstić information content (AvgIpc) is 2.65. The highest BCUT2D eigenvalue weighted by Crippen LogP contribution is 2.23. The third kappa shape index (κ3) is 5.31. The van der Waals surface area contributed by atoms with E-state index in [1.807, 2.05) is 0 Å². The Morgan fingerprint density at radius 2 is 1.82 bits per heavy atom. The lowest BCUT2D eigenvalue weighted by Gasteiger charge is -2.35. The van der Waals surface area contributed by atoms with E-state index in [4.69, 9.17) is 4.74 Å². The van der Waals surface area contributed by atoms with Crippen molar-refractivity contribution in [3.8, 4) is 0 Å². The largest absolute Gasteiger partial charge is 0.450 e. The Morgan fingerprint density at radius 1 is 1.21 bits per heavy atom. The van der Waals surface area contributed by atoms with Gasteiger partial charge in [-0.3, -0.25) is 19.2 Å². The van der Waals surface area contributed by atoms with Gasteiger partial charge in [-0.25, -0.2) is 13.2 Å². The molecule has 154 valence electrons. The lowest BCUT2D eigenvalue weighted by atomic mass is 10.2. The number of nitro groups is 1. The van der Waals surface area contributed by atoms with Crippen LogP contribution < -0.4 is 4.31 Å². The monoisotopic (exact) mass is 414 g/mol. The molecule has 12 heteroatoms. The molecule has 1 aromatic rings. The zero-order valence-electron chi connectivity index (χ0n) is 15.6. The van der Waals surface area contributed by atoms with Gasteiger partial charge in [0.15, 0.2) is 0 Å². The second-order valence-corrected chi connectivity index (χ2v) is 8.02. The van der Waals surface area contributed by atoms with Crippen LogP contribution in [0.1, 0.15) is 6.92 Å². The number of nitrogens with zero attached hydrogens (tertiary/aromatic N) is 4. The summed E-state index contributed by atoms with van der Waals surface area (Å²) in [5, 5.41) is 10.9. The number of non-ortho nitro benzene ring substituents is 1. The van der Waals surface area contributed by atoms with Crippen molar-refractivity contribution in [1.82, 2.24) is 9.80 Å². The molecule has 1 heterocycles. The molecule has 1 aliphatic heterocycles. The minimum Gasteiger partial charge on any atom is -0.450 e. The summed E-state index contributed by atoms with van der Waals surface area (Å²) in [4.78, 5) is 37.5. The van der Waals surface area contributed by atoms with Gasteiger partial charge in [0.1, 0.15) is 6.54 Å². The molecule has 0 saturated carbocycles. The van der Waals surface area contributed by atoms with E-state index < -0.39 is 33.5 Å². The van der Waals surface area contributed by atoms with Gasteiger partial charge < -0.3 is 14.5 Å². The first-order valence-corrected chi connectivity index (χ1v) is 10.4. The Balaban J connectivity index is 2.10. The van der Waals surface area contributed by atoms with Crippen molar-refractivity contribution in [3.05, 3.63) is 34.4 Å². The molecule has 0 bridgehead atoms. The first kappa shape index (κ1) is 21.4. The molecule has 0 radical (unpaired) electrons. The molecule has 0 unspecified atom stereocenters. The number of hydrogen-bond acceptors (Lipinski definition) is 7. The number of nitro benzene ring substituents is 1. The Hall–Kier alpha value is -2.89. The molecule has 1 aliphatic rings. The van der Waals surface area contributed by atoms with Crippen molar-refractivity contribution in [2.24, 2.45) is 0 Å². The van der Waals surface area contributed by atoms with Crippen LogP contribution in [0.25, 0.3) is 0 Å². The Labute approximate surface area is 162 Å². The normalized spacial score (nSPS) is 14.5. The Bertz CT molecular complexity index is 850. The molecule has 0 aromatic heterocycles.